The van der Waals surface area contributed by atoms with Crippen LogP contribution in [0.25, 0.3) is 11.0 Å². The molecule has 0 saturated carbocycles. The lowest BCUT2D eigenvalue weighted by Gasteiger charge is -2.35. The molecule has 1 aliphatic heterocycles. The van der Waals surface area contributed by atoms with Crippen LogP contribution >= 0.6 is 0 Å². The monoisotopic (exact) mass is 344 g/mol. The van der Waals surface area contributed by atoms with Crippen molar-refractivity contribution in [2.75, 3.05) is 26.2 Å². The molecular weight excluding hydrogens is 324 g/mol. The average molecular weight is 344 g/mol. The van der Waals surface area contributed by atoms with Crippen LogP contribution in [0.1, 0.15) is 6.92 Å². The van der Waals surface area contributed by atoms with E-state index < -0.39 is 6.10 Å². The fourth-order valence-corrected chi connectivity index (χ4v) is 2.95. The third-order valence-corrected chi connectivity index (χ3v) is 4.35. The molecule has 3 rings (SSSR count). The van der Waals surface area contributed by atoms with E-state index in [0.29, 0.717) is 37.2 Å². The minimum absolute atomic E-state index is 0.0633. The van der Waals surface area contributed by atoms with Crippen molar-refractivity contribution < 1.29 is 14.7 Å². The normalized spacial score (nSPS) is 16.1. The summed E-state index contributed by atoms with van der Waals surface area (Å²) in [6, 6.07) is 7.17. The molecule has 2 aromatic rings. The number of fused-ring (bicyclic) bond motifs is 1. The lowest BCUT2D eigenvalue weighted by atomic mass is 10.2. The summed E-state index contributed by atoms with van der Waals surface area (Å²) in [5, 5.41) is 9.36. The number of benzene rings is 1. The Morgan fingerprint density at radius 1 is 1.16 bits per heavy atom. The summed E-state index contributed by atoms with van der Waals surface area (Å²) in [5.74, 6) is -0.508. The van der Waals surface area contributed by atoms with Gasteiger partial charge in [-0.2, -0.15) is 0 Å². The predicted molar refractivity (Wildman–Crippen MR) is 90.8 cm³/mol. The second-order valence-electron chi connectivity index (χ2n) is 6.05. The topological polar surface area (TPSA) is 95.7 Å². The van der Waals surface area contributed by atoms with Gasteiger partial charge in [-0.25, -0.2) is 4.98 Å². The Hall–Kier alpha value is -2.74. The minimum atomic E-state index is -1.04. The van der Waals surface area contributed by atoms with Crippen molar-refractivity contribution in [3.63, 3.8) is 0 Å². The van der Waals surface area contributed by atoms with E-state index in [-0.39, 0.29) is 23.9 Å². The number of amides is 2. The second kappa shape index (κ2) is 7.02. The van der Waals surface area contributed by atoms with Crippen molar-refractivity contribution >= 4 is 22.8 Å². The zero-order valence-corrected chi connectivity index (χ0v) is 14.0. The first kappa shape index (κ1) is 17.1. The zero-order chi connectivity index (χ0) is 18.0. The summed E-state index contributed by atoms with van der Waals surface area (Å²) >= 11 is 0. The number of hydrogen-bond acceptors (Lipinski definition) is 5. The number of carbonyl (C=O) groups is 2. The van der Waals surface area contributed by atoms with E-state index in [4.69, 9.17) is 0 Å². The first-order valence-corrected chi connectivity index (χ1v) is 8.16. The van der Waals surface area contributed by atoms with Gasteiger partial charge in [0, 0.05) is 26.2 Å². The van der Waals surface area contributed by atoms with Crippen LogP contribution in [0, 0.1) is 0 Å². The van der Waals surface area contributed by atoms with Crippen LogP contribution in [-0.4, -0.2) is 68.6 Å². The van der Waals surface area contributed by atoms with Crippen LogP contribution in [0.4, 0.5) is 0 Å². The van der Waals surface area contributed by atoms with Crippen molar-refractivity contribution in [2.45, 2.75) is 19.6 Å². The van der Waals surface area contributed by atoms with Crippen LogP contribution in [0.5, 0.6) is 0 Å². The molecule has 0 aliphatic carbocycles. The van der Waals surface area contributed by atoms with E-state index in [0.717, 1.165) is 0 Å². The molecule has 2 amide bonds. The minimum Gasteiger partial charge on any atom is -0.384 e. The van der Waals surface area contributed by atoms with Gasteiger partial charge in [-0.05, 0) is 19.1 Å². The molecule has 1 atom stereocenters. The third kappa shape index (κ3) is 3.53. The van der Waals surface area contributed by atoms with Crippen LogP contribution in [-0.2, 0) is 16.1 Å². The van der Waals surface area contributed by atoms with Gasteiger partial charge in [0.15, 0.2) is 0 Å². The Labute approximate surface area is 144 Å². The van der Waals surface area contributed by atoms with Gasteiger partial charge in [-0.15, -0.1) is 0 Å². The van der Waals surface area contributed by atoms with Crippen molar-refractivity contribution in [3.05, 3.63) is 40.8 Å². The lowest BCUT2D eigenvalue weighted by molar-refractivity contribution is -0.144. The average Bonchev–Trinajstić information content (AvgIpc) is 2.63. The third-order valence-electron chi connectivity index (χ3n) is 4.35. The molecule has 1 aromatic carbocycles. The molecule has 0 bridgehead atoms. The largest absolute Gasteiger partial charge is 0.384 e. The SMILES string of the molecule is CC(O)C(=O)N1CCN(C(=O)Cn2c(=O)cnc3ccccc32)CC1. The molecule has 0 spiro atoms. The van der Waals surface area contributed by atoms with E-state index >= 15 is 0 Å². The maximum Gasteiger partial charge on any atom is 0.269 e. The van der Waals surface area contributed by atoms with Crippen molar-refractivity contribution in [1.82, 2.24) is 19.4 Å². The summed E-state index contributed by atoms with van der Waals surface area (Å²) in [6.45, 7) is 2.89. The Kier molecular flexibility index (Phi) is 4.80. The smallest absolute Gasteiger partial charge is 0.269 e. The Morgan fingerprint density at radius 2 is 1.80 bits per heavy atom. The van der Waals surface area contributed by atoms with Gasteiger partial charge < -0.3 is 14.9 Å². The van der Waals surface area contributed by atoms with Crippen molar-refractivity contribution in [1.29, 1.82) is 0 Å². The van der Waals surface area contributed by atoms with Crippen molar-refractivity contribution in [3.8, 4) is 0 Å². The van der Waals surface area contributed by atoms with E-state index in [1.54, 1.807) is 28.0 Å². The molecule has 1 aliphatic rings. The first-order valence-electron chi connectivity index (χ1n) is 8.16. The second-order valence-corrected chi connectivity index (χ2v) is 6.05. The number of hydrogen-bond donors (Lipinski definition) is 1. The number of para-hydroxylation sites is 2. The molecule has 8 heteroatoms. The van der Waals surface area contributed by atoms with Gasteiger partial charge in [-0.1, -0.05) is 12.1 Å². The first-order chi connectivity index (χ1) is 12.0. The maximum absolute atomic E-state index is 12.6. The molecule has 25 heavy (non-hydrogen) atoms. The number of rotatable bonds is 3. The van der Waals surface area contributed by atoms with Gasteiger partial charge in [0.1, 0.15) is 12.6 Å². The van der Waals surface area contributed by atoms with Crippen molar-refractivity contribution in [2.24, 2.45) is 0 Å². The quantitative estimate of drug-likeness (QED) is 0.806. The summed E-state index contributed by atoms with van der Waals surface area (Å²) in [7, 11) is 0. The predicted octanol–water partition coefficient (Wildman–Crippen LogP) is -0.552. The molecule has 1 N–H and O–H groups in total. The summed E-state index contributed by atoms with van der Waals surface area (Å²) in [6.07, 6.45) is 0.179. The molecule has 1 unspecified atom stereocenters. The Morgan fingerprint density at radius 3 is 2.48 bits per heavy atom. The number of nitrogens with zero attached hydrogens (tertiary/aromatic N) is 4. The molecular formula is C17H20N4O4. The molecule has 132 valence electrons. The molecule has 2 heterocycles. The molecule has 1 fully saturated rings. The highest BCUT2D eigenvalue weighted by Gasteiger charge is 2.26. The van der Waals surface area contributed by atoms with Gasteiger partial charge in [0.25, 0.3) is 11.5 Å². The van der Waals surface area contributed by atoms with Crippen LogP contribution in [0.3, 0.4) is 0 Å². The highest BCUT2D eigenvalue weighted by Crippen LogP contribution is 2.10. The Balaban J connectivity index is 1.71. The summed E-state index contributed by atoms with van der Waals surface area (Å²) < 4.78 is 1.41. The molecule has 1 aromatic heterocycles. The standard InChI is InChI=1S/C17H20N4O4/c1-12(22)17(25)20-8-6-19(7-9-20)16(24)11-21-14-5-3-2-4-13(14)18-10-15(21)23/h2-5,10,12,22H,6-9,11H2,1H3. The maximum atomic E-state index is 12.6. The fourth-order valence-electron chi connectivity index (χ4n) is 2.95. The van der Waals surface area contributed by atoms with E-state index in [1.165, 1.54) is 17.7 Å². The van der Waals surface area contributed by atoms with Gasteiger partial charge >= 0.3 is 0 Å². The Bertz CT molecular complexity index is 853. The number of aliphatic hydroxyl groups excluding tert-OH is 1. The van der Waals surface area contributed by atoms with E-state index in [9.17, 15) is 19.5 Å². The van der Waals surface area contributed by atoms with Gasteiger partial charge in [-0.3, -0.25) is 19.0 Å². The van der Waals surface area contributed by atoms with Crippen LogP contribution < -0.4 is 5.56 Å². The lowest BCUT2D eigenvalue weighted by Crippen LogP contribution is -2.53. The summed E-state index contributed by atoms with van der Waals surface area (Å²) in [4.78, 5) is 43.7. The van der Waals surface area contributed by atoms with E-state index in [1.807, 2.05) is 6.07 Å². The fraction of sp³-hybridized carbons (Fsp3) is 0.412. The number of carbonyl (C=O) groups excluding carboxylic acids is 2. The highest BCUT2D eigenvalue weighted by molar-refractivity contribution is 5.82. The summed E-state index contributed by atoms with van der Waals surface area (Å²) in [5.41, 5.74) is 0.948. The number of aliphatic hydroxyl groups is 1. The van der Waals surface area contributed by atoms with Crippen LogP contribution in [0.2, 0.25) is 0 Å². The zero-order valence-electron chi connectivity index (χ0n) is 14.0. The number of aromatic nitrogens is 2. The molecule has 1 saturated heterocycles. The van der Waals surface area contributed by atoms with Crippen LogP contribution in [0.15, 0.2) is 35.3 Å². The number of piperazine rings is 1. The van der Waals surface area contributed by atoms with E-state index in [2.05, 4.69) is 4.98 Å². The van der Waals surface area contributed by atoms with Gasteiger partial charge in [0.05, 0.1) is 17.2 Å². The molecule has 8 nitrogen and oxygen atoms in total. The van der Waals surface area contributed by atoms with Gasteiger partial charge in [0.2, 0.25) is 5.91 Å². The molecule has 0 radical (unpaired) electrons. The highest BCUT2D eigenvalue weighted by atomic mass is 16.3.